The average molecular weight is 534 g/mol. The Morgan fingerprint density at radius 1 is 0.949 bits per heavy atom. The number of anilines is 3. The van der Waals surface area contributed by atoms with Crippen LogP contribution in [0.1, 0.15) is 12.6 Å². The van der Waals surface area contributed by atoms with E-state index in [4.69, 9.17) is 9.72 Å². The summed E-state index contributed by atoms with van der Waals surface area (Å²) in [5, 5.41) is 13.5. The number of pyridine rings is 2. The van der Waals surface area contributed by atoms with E-state index in [2.05, 4.69) is 61.8 Å². The maximum absolute atomic E-state index is 14.7. The van der Waals surface area contributed by atoms with Crippen LogP contribution < -0.4 is 14.7 Å². The van der Waals surface area contributed by atoms with Crippen molar-refractivity contribution in [3.63, 3.8) is 0 Å². The van der Waals surface area contributed by atoms with Gasteiger partial charge in [-0.15, -0.1) is 0 Å². The van der Waals surface area contributed by atoms with Crippen LogP contribution in [0.25, 0.3) is 5.52 Å². The highest BCUT2D eigenvalue weighted by Gasteiger charge is 2.30. The summed E-state index contributed by atoms with van der Waals surface area (Å²) in [5.41, 5.74) is 2.59. The number of likely N-dealkylation sites (N-methyl/N-ethyl adjacent to an activating group) is 1. The van der Waals surface area contributed by atoms with Crippen molar-refractivity contribution >= 4 is 22.7 Å². The Morgan fingerprint density at radius 3 is 2.44 bits per heavy atom. The molecule has 3 aromatic rings. The number of aromatic nitrogens is 3. The summed E-state index contributed by atoms with van der Waals surface area (Å²) in [7, 11) is 2.17. The van der Waals surface area contributed by atoms with Crippen molar-refractivity contribution in [1.82, 2.24) is 24.4 Å². The van der Waals surface area contributed by atoms with Gasteiger partial charge in [-0.25, -0.2) is 13.9 Å². The van der Waals surface area contributed by atoms with Gasteiger partial charge < -0.3 is 24.3 Å². The molecule has 0 saturated carbocycles. The molecule has 3 aliphatic rings. The zero-order valence-electron chi connectivity index (χ0n) is 22.7. The lowest BCUT2D eigenvalue weighted by atomic mass is 10.1. The molecule has 206 valence electrons. The lowest BCUT2D eigenvalue weighted by Gasteiger charge is -2.42. The van der Waals surface area contributed by atoms with Gasteiger partial charge in [0.2, 0.25) is 0 Å². The molecule has 11 heteroatoms. The minimum absolute atomic E-state index is 0.00603. The molecule has 6 rings (SSSR count). The Labute approximate surface area is 228 Å². The molecule has 2 atom stereocenters. The van der Waals surface area contributed by atoms with E-state index >= 15 is 0 Å². The normalized spacial score (nSPS) is 23.4. The molecule has 3 aliphatic heterocycles. The molecule has 6 heterocycles. The number of morpholine rings is 1. The maximum Gasteiger partial charge on any atom is 0.171 e. The van der Waals surface area contributed by atoms with Gasteiger partial charge in [0.25, 0.3) is 0 Å². The summed E-state index contributed by atoms with van der Waals surface area (Å²) in [6.45, 7) is 12.2. The van der Waals surface area contributed by atoms with Crippen LogP contribution in [0.15, 0.2) is 36.7 Å². The van der Waals surface area contributed by atoms with Crippen LogP contribution in [0.5, 0.6) is 0 Å². The van der Waals surface area contributed by atoms with Crippen molar-refractivity contribution in [2.24, 2.45) is 0 Å². The fourth-order valence-corrected chi connectivity index (χ4v) is 6.00. The summed E-state index contributed by atoms with van der Waals surface area (Å²) in [4.78, 5) is 16.5. The van der Waals surface area contributed by atoms with E-state index in [0.717, 1.165) is 70.4 Å². The second-order valence-electron chi connectivity index (χ2n) is 10.9. The number of rotatable bonds is 5. The van der Waals surface area contributed by atoms with Gasteiger partial charge in [-0.2, -0.15) is 10.4 Å². The molecule has 0 amide bonds. The number of halogens is 1. The summed E-state index contributed by atoms with van der Waals surface area (Å²) in [6.07, 6.45) is 3.21. The molecule has 0 aromatic carbocycles. The van der Waals surface area contributed by atoms with E-state index in [0.29, 0.717) is 24.3 Å². The zero-order chi connectivity index (χ0) is 26.9. The van der Waals surface area contributed by atoms with E-state index in [-0.39, 0.29) is 12.2 Å². The van der Waals surface area contributed by atoms with Crippen LogP contribution in [0, 0.1) is 17.1 Å². The first-order valence-corrected chi connectivity index (χ1v) is 13.8. The Kier molecular flexibility index (Phi) is 7.25. The molecule has 0 unspecified atom stereocenters. The average Bonchev–Trinajstić information content (AvgIpc) is 3.35. The Balaban J connectivity index is 1.06. The molecule has 39 heavy (non-hydrogen) atoms. The van der Waals surface area contributed by atoms with Crippen LogP contribution in [0.4, 0.5) is 21.6 Å². The number of nitrogens with zero attached hydrogens (tertiary/aromatic N) is 9. The molecule has 0 aliphatic carbocycles. The van der Waals surface area contributed by atoms with Crippen molar-refractivity contribution in [2.45, 2.75) is 19.1 Å². The molecule has 0 N–H and O–H groups in total. The molecular formula is C28H36FN9O. The summed E-state index contributed by atoms with van der Waals surface area (Å²) >= 11 is 0. The lowest BCUT2D eigenvalue weighted by molar-refractivity contribution is -0.0327. The van der Waals surface area contributed by atoms with Gasteiger partial charge in [0.15, 0.2) is 5.82 Å². The molecule has 0 bridgehead atoms. The number of ether oxygens (including phenoxy) is 1. The molecule has 0 spiro atoms. The van der Waals surface area contributed by atoms with Gasteiger partial charge in [-0.3, -0.25) is 4.90 Å². The molecule has 3 saturated heterocycles. The van der Waals surface area contributed by atoms with Gasteiger partial charge >= 0.3 is 0 Å². The van der Waals surface area contributed by atoms with Crippen LogP contribution in [-0.2, 0) is 4.74 Å². The van der Waals surface area contributed by atoms with Gasteiger partial charge in [0.1, 0.15) is 23.1 Å². The molecule has 3 fully saturated rings. The van der Waals surface area contributed by atoms with Crippen molar-refractivity contribution in [2.75, 3.05) is 93.7 Å². The Hall–Kier alpha value is -3.46. The van der Waals surface area contributed by atoms with Gasteiger partial charge in [0, 0.05) is 72.0 Å². The van der Waals surface area contributed by atoms with Crippen LogP contribution >= 0.6 is 0 Å². The summed E-state index contributed by atoms with van der Waals surface area (Å²) < 4.78 is 22.4. The van der Waals surface area contributed by atoms with Crippen molar-refractivity contribution < 1.29 is 9.13 Å². The fourth-order valence-electron chi connectivity index (χ4n) is 6.00. The minimum Gasteiger partial charge on any atom is -0.370 e. The third-order valence-corrected chi connectivity index (χ3v) is 8.13. The first-order chi connectivity index (χ1) is 19.0. The molecule has 10 nitrogen and oxygen atoms in total. The minimum atomic E-state index is -0.417. The second-order valence-corrected chi connectivity index (χ2v) is 10.9. The van der Waals surface area contributed by atoms with Crippen LogP contribution in [0.3, 0.4) is 0 Å². The van der Waals surface area contributed by atoms with Gasteiger partial charge in [-0.05, 0) is 38.2 Å². The van der Waals surface area contributed by atoms with Crippen LogP contribution in [-0.4, -0.2) is 116 Å². The van der Waals surface area contributed by atoms with E-state index in [1.807, 2.05) is 12.3 Å². The standard InChI is InChI=1S/C28H36FN9O/c1-21-18-37(26-5-3-22(15-30)38-28(26)25(29)17-32-38)20-24(39-21)19-34-9-13-35(14-10-34)23-4-6-27(31-16-23)36-11-7-33(2)8-12-36/h3-6,16-17,21,24H,7-14,18-20H2,1-2H3/t21-,24+/m1/s1. The maximum atomic E-state index is 14.7. The highest BCUT2D eigenvalue weighted by molar-refractivity contribution is 5.74. The number of hydrogen-bond acceptors (Lipinski definition) is 9. The van der Waals surface area contributed by atoms with E-state index in [1.165, 1.54) is 16.4 Å². The highest BCUT2D eigenvalue weighted by atomic mass is 19.1. The van der Waals surface area contributed by atoms with Gasteiger partial charge in [-0.1, -0.05) is 0 Å². The number of hydrogen-bond donors (Lipinski definition) is 0. The van der Waals surface area contributed by atoms with E-state index in [1.54, 1.807) is 6.07 Å². The zero-order valence-corrected chi connectivity index (χ0v) is 22.7. The summed E-state index contributed by atoms with van der Waals surface area (Å²) in [5.74, 6) is 0.647. The highest BCUT2D eigenvalue weighted by Crippen LogP contribution is 2.29. The van der Waals surface area contributed by atoms with Crippen molar-refractivity contribution in [3.8, 4) is 6.07 Å². The quantitative estimate of drug-likeness (QED) is 0.489. The Morgan fingerprint density at radius 2 is 1.72 bits per heavy atom. The largest absolute Gasteiger partial charge is 0.370 e. The Bertz CT molecular complexity index is 1320. The predicted molar refractivity (Wildman–Crippen MR) is 149 cm³/mol. The van der Waals surface area contributed by atoms with Crippen LogP contribution in [0.2, 0.25) is 0 Å². The second kappa shape index (κ2) is 11.0. The van der Waals surface area contributed by atoms with E-state index < -0.39 is 5.82 Å². The van der Waals surface area contributed by atoms with Gasteiger partial charge in [0.05, 0.1) is 36.0 Å². The fraction of sp³-hybridized carbons (Fsp3) is 0.536. The molecule has 0 radical (unpaired) electrons. The van der Waals surface area contributed by atoms with Crippen molar-refractivity contribution in [1.29, 1.82) is 5.26 Å². The first-order valence-electron chi connectivity index (χ1n) is 13.8. The topological polar surface area (TPSA) is 79.4 Å². The summed E-state index contributed by atoms with van der Waals surface area (Å²) in [6, 6.07) is 9.98. The lowest BCUT2D eigenvalue weighted by Crippen LogP contribution is -2.54. The number of nitriles is 1. The molecule has 3 aromatic heterocycles. The predicted octanol–water partition coefficient (Wildman–Crippen LogP) is 1.91. The molecular weight excluding hydrogens is 497 g/mol. The first kappa shape index (κ1) is 25.8. The third-order valence-electron chi connectivity index (χ3n) is 8.13. The van der Waals surface area contributed by atoms with Crippen molar-refractivity contribution in [3.05, 3.63) is 48.2 Å². The number of fused-ring (bicyclic) bond motifs is 1. The monoisotopic (exact) mass is 533 g/mol. The SMILES string of the molecule is C[C@@H]1CN(c2ccc(C#N)n3ncc(F)c23)C[C@H](CN2CCN(c3ccc(N4CCN(C)CC4)nc3)CC2)O1. The number of piperazine rings is 2. The smallest absolute Gasteiger partial charge is 0.171 e. The third kappa shape index (κ3) is 5.37. The van der Waals surface area contributed by atoms with E-state index in [9.17, 15) is 9.65 Å².